The predicted octanol–water partition coefficient (Wildman–Crippen LogP) is 3.18. The number of benzene rings is 1. The lowest BCUT2D eigenvalue weighted by Crippen LogP contribution is -2.44. The fourth-order valence-electron chi connectivity index (χ4n) is 6.15. The number of nitrogens with zero attached hydrogens (tertiary/aromatic N) is 3. The molecule has 4 fully saturated rings. The quantitative estimate of drug-likeness (QED) is 0.934. The van der Waals surface area contributed by atoms with Crippen molar-refractivity contribution in [2.24, 2.45) is 29.4 Å². The molecule has 2 aromatic rings. The number of aromatic nitrogens is 3. The Balaban J connectivity index is 1.67. The molecule has 2 N–H and O–H groups in total. The van der Waals surface area contributed by atoms with Gasteiger partial charge in [-0.15, -0.1) is 10.2 Å². The molecule has 4 saturated carbocycles. The van der Waals surface area contributed by atoms with Crippen LogP contribution in [-0.2, 0) is 0 Å². The summed E-state index contributed by atoms with van der Waals surface area (Å²) in [5.41, 5.74) is 9.06. The molecule has 1 amide bonds. The molecule has 4 bridgehead atoms. The molecule has 128 valence electrons. The van der Waals surface area contributed by atoms with Gasteiger partial charge in [-0.25, -0.2) is 0 Å². The first-order chi connectivity index (χ1) is 12.2. The number of carbonyl (C=O) groups excluding carboxylic acids is 1. The molecule has 1 aromatic carbocycles. The van der Waals surface area contributed by atoms with Crippen LogP contribution in [0.2, 0.25) is 0 Å². The number of hydrogen-bond acceptors (Lipinski definition) is 4. The fourth-order valence-corrected chi connectivity index (χ4v) is 6.15. The lowest BCUT2D eigenvalue weighted by molar-refractivity contribution is -0.00262. The first-order valence-corrected chi connectivity index (χ1v) is 9.28. The summed E-state index contributed by atoms with van der Waals surface area (Å²) in [4.78, 5) is 12.1. The van der Waals surface area contributed by atoms with Crippen LogP contribution in [0.5, 0.6) is 0 Å². The third kappa shape index (κ3) is 2.36. The lowest BCUT2D eigenvalue weighted by atomic mass is 9.50. The van der Waals surface area contributed by atoms with Gasteiger partial charge in [-0.05, 0) is 84.6 Å². The van der Waals surface area contributed by atoms with Gasteiger partial charge >= 0.3 is 0 Å². The minimum absolute atomic E-state index is 0.403. The summed E-state index contributed by atoms with van der Waals surface area (Å²) >= 11 is 0. The number of primary amides is 1. The standard InChI is InChI=1S/C20H22N4O/c21-20(25)16-3-1-2-15(19(16)17-4-5-22-24-23-17)18-13-7-11-6-12(9-13)10-14(18)8-11/h1-5,11-14,18H,6-10H2,(H2,21,25). The van der Waals surface area contributed by atoms with Crippen molar-refractivity contribution in [3.05, 3.63) is 41.6 Å². The summed E-state index contributed by atoms with van der Waals surface area (Å²) < 4.78 is 0. The summed E-state index contributed by atoms with van der Waals surface area (Å²) in [7, 11) is 0. The van der Waals surface area contributed by atoms with Crippen molar-refractivity contribution in [1.29, 1.82) is 0 Å². The van der Waals surface area contributed by atoms with E-state index in [1.807, 2.05) is 12.1 Å². The van der Waals surface area contributed by atoms with Crippen molar-refractivity contribution in [3.8, 4) is 11.3 Å². The maximum Gasteiger partial charge on any atom is 0.249 e. The molecule has 5 nitrogen and oxygen atoms in total. The average Bonchev–Trinajstić information content (AvgIpc) is 2.61. The number of carbonyl (C=O) groups is 1. The van der Waals surface area contributed by atoms with E-state index in [2.05, 4.69) is 21.5 Å². The van der Waals surface area contributed by atoms with Crippen molar-refractivity contribution in [2.45, 2.75) is 38.0 Å². The maximum absolute atomic E-state index is 12.1. The Kier molecular flexibility index (Phi) is 3.37. The molecule has 0 unspecified atom stereocenters. The highest BCUT2D eigenvalue weighted by Gasteiger charge is 2.49. The highest BCUT2D eigenvalue weighted by molar-refractivity contribution is 6.00. The Bertz CT molecular complexity index is 792. The van der Waals surface area contributed by atoms with Crippen LogP contribution in [0, 0.1) is 23.7 Å². The first-order valence-electron chi connectivity index (χ1n) is 9.28. The van der Waals surface area contributed by atoms with Crippen molar-refractivity contribution in [3.63, 3.8) is 0 Å². The summed E-state index contributed by atoms with van der Waals surface area (Å²) in [6, 6.07) is 7.78. The van der Waals surface area contributed by atoms with E-state index in [1.54, 1.807) is 12.3 Å². The van der Waals surface area contributed by atoms with Crippen LogP contribution >= 0.6 is 0 Å². The zero-order valence-electron chi connectivity index (χ0n) is 14.1. The molecule has 6 rings (SSSR count). The largest absolute Gasteiger partial charge is 0.366 e. The molecule has 0 spiro atoms. The van der Waals surface area contributed by atoms with Crippen LogP contribution < -0.4 is 5.73 Å². The van der Waals surface area contributed by atoms with Gasteiger partial charge in [-0.3, -0.25) is 4.79 Å². The third-order valence-electron chi connectivity index (χ3n) is 6.71. The highest BCUT2D eigenvalue weighted by atomic mass is 16.1. The minimum atomic E-state index is -0.403. The molecule has 1 heterocycles. The Hall–Kier alpha value is -2.30. The predicted molar refractivity (Wildman–Crippen MR) is 93.6 cm³/mol. The monoisotopic (exact) mass is 334 g/mol. The van der Waals surface area contributed by atoms with Crippen LogP contribution in [0.1, 0.15) is 53.9 Å². The molecule has 0 radical (unpaired) electrons. The SMILES string of the molecule is NC(=O)c1cccc(C2C3CC4CC(C3)CC2C4)c1-c1ccnnn1. The maximum atomic E-state index is 12.1. The van der Waals surface area contributed by atoms with Gasteiger partial charge in [0.15, 0.2) is 0 Å². The minimum Gasteiger partial charge on any atom is -0.366 e. The van der Waals surface area contributed by atoms with Crippen LogP contribution in [0.4, 0.5) is 0 Å². The van der Waals surface area contributed by atoms with Crippen LogP contribution in [0.3, 0.4) is 0 Å². The zero-order chi connectivity index (χ0) is 17.0. The van der Waals surface area contributed by atoms with Gasteiger partial charge in [0.1, 0.15) is 0 Å². The summed E-state index contributed by atoms with van der Waals surface area (Å²) in [5, 5.41) is 11.8. The van der Waals surface area contributed by atoms with Crippen molar-refractivity contribution >= 4 is 5.91 Å². The lowest BCUT2D eigenvalue weighted by Gasteiger charge is -2.55. The second-order valence-corrected chi connectivity index (χ2v) is 8.10. The van der Waals surface area contributed by atoms with E-state index >= 15 is 0 Å². The van der Waals surface area contributed by atoms with Gasteiger partial charge < -0.3 is 5.73 Å². The molecule has 4 aliphatic carbocycles. The van der Waals surface area contributed by atoms with Crippen LogP contribution in [-0.4, -0.2) is 21.3 Å². The van der Waals surface area contributed by atoms with Gasteiger partial charge in [-0.2, -0.15) is 0 Å². The Labute approximate surface area is 147 Å². The van der Waals surface area contributed by atoms with Gasteiger partial charge in [0.2, 0.25) is 5.91 Å². The summed E-state index contributed by atoms with van der Waals surface area (Å²) in [6.07, 6.45) is 8.39. The van der Waals surface area contributed by atoms with E-state index in [1.165, 1.54) is 37.7 Å². The third-order valence-corrected chi connectivity index (χ3v) is 6.71. The number of rotatable bonds is 3. The van der Waals surface area contributed by atoms with Crippen molar-refractivity contribution < 1.29 is 4.79 Å². The fraction of sp³-hybridized carbons (Fsp3) is 0.500. The van der Waals surface area contributed by atoms with Crippen LogP contribution in [0.25, 0.3) is 11.3 Å². The van der Waals surface area contributed by atoms with E-state index in [0.29, 0.717) is 17.2 Å². The Morgan fingerprint density at radius 2 is 1.72 bits per heavy atom. The highest BCUT2D eigenvalue weighted by Crippen LogP contribution is 2.60. The van der Waals surface area contributed by atoms with Crippen LogP contribution in [0.15, 0.2) is 30.5 Å². The van der Waals surface area contributed by atoms with E-state index < -0.39 is 5.91 Å². The molecule has 0 atom stereocenters. The smallest absolute Gasteiger partial charge is 0.249 e. The van der Waals surface area contributed by atoms with E-state index in [4.69, 9.17) is 5.73 Å². The van der Waals surface area contributed by atoms with Gasteiger partial charge in [0, 0.05) is 11.1 Å². The first kappa shape index (κ1) is 15.0. The number of amides is 1. The molecule has 4 aliphatic rings. The van der Waals surface area contributed by atoms with Crippen molar-refractivity contribution in [2.75, 3.05) is 0 Å². The van der Waals surface area contributed by atoms with Gasteiger partial charge in [0.05, 0.1) is 11.9 Å². The molecule has 25 heavy (non-hydrogen) atoms. The Morgan fingerprint density at radius 1 is 1.00 bits per heavy atom. The average molecular weight is 334 g/mol. The number of hydrogen-bond donors (Lipinski definition) is 1. The second-order valence-electron chi connectivity index (χ2n) is 8.10. The molecule has 0 saturated heterocycles. The second kappa shape index (κ2) is 5.61. The van der Waals surface area contributed by atoms with Gasteiger partial charge in [0.25, 0.3) is 0 Å². The number of nitrogens with two attached hydrogens (primary N) is 1. The molecule has 5 heteroatoms. The summed E-state index contributed by atoms with van der Waals surface area (Å²) in [6.45, 7) is 0. The zero-order valence-corrected chi connectivity index (χ0v) is 14.1. The van der Waals surface area contributed by atoms with Crippen molar-refractivity contribution in [1.82, 2.24) is 15.4 Å². The molecule has 0 aliphatic heterocycles. The normalized spacial score (nSPS) is 32.7. The molecule has 1 aromatic heterocycles. The molecular weight excluding hydrogens is 312 g/mol. The molecular formula is C20H22N4O. The van der Waals surface area contributed by atoms with E-state index in [0.717, 1.165) is 29.2 Å². The topological polar surface area (TPSA) is 81.8 Å². The summed E-state index contributed by atoms with van der Waals surface area (Å²) in [5.74, 6) is 3.40. The van der Waals surface area contributed by atoms with Gasteiger partial charge in [-0.1, -0.05) is 12.1 Å². The van der Waals surface area contributed by atoms with E-state index in [9.17, 15) is 4.79 Å². The van der Waals surface area contributed by atoms with E-state index in [-0.39, 0.29) is 0 Å². The Morgan fingerprint density at radius 3 is 2.32 bits per heavy atom.